The molecule has 1 N–H and O–H groups in total. The fraction of sp³-hybridized carbons (Fsp3) is 0.400. The quantitative estimate of drug-likeness (QED) is 0.735. The topological polar surface area (TPSA) is 62.4 Å². The molecule has 1 unspecified atom stereocenters. The smallest absolute Gasteiger partial charge is 0.257 e. The maximum atomic E-state index is 10.5. The molecule has 1 aromatic carbocycles. The first-order chi connectivity index (χ1) is 12.7. The third-order valence-corrected chi connectivity index (χ3v) is 5.99. The number of rotatable bonds is 5. The maximum absolute atomic E-state index is 10.5. The van der Waals surface area contributed by atoms with Crippen LogP contribution < -0.4 is 0 Å². The van der Waals surface area contributed by atoms with Crippen LogP contribution in [0, 0.1) is 12.8 Å². The van der Waals surface area contributed by atoms with Crippen molar-refractivity contribution in [3.63, 3.8) is 0 Å². The number of piperidine rings is 1. The van der Waals surface area contributed by atoms with E-state index in [1.807, 2.05) is 41.8 Å². The van der Waals surface area contributed by atoms with Gasteiger partial charge in [0, 0.05) is 10.4 Å². The van der Waals surface area contributed by atoms with Gasteiger partial charge in [-0.05, 0) is 62.4 Å². The van der Waals surface area contributed by atoms with Crippen LogP contribution in [-0.4, -0.2) is 33.2 Å². The van der Waals surface area contributed by atoms with Crippen LogP contribution >= 0.6 is 11.3 Å². The van der Waals surface area contributed by atoms with Crippen molar-refractivity contribution in [1.82, 2.24) is 15.0 Å². The monoisotopic (exact) mass is 369 g/mol. The van der Waals surface area contributed by atoms with Gasteiger partial charge in [-0.15, -0.1) is 11.3 Å². The molecule has 3 aromatic rings. The minimum atomic E-state index is -0.338. The summed E-state index contributed by atoms with van der Waals surface area (Å²) in [6.45, 7) is 4.64. The second-order valence-electron chi connectivity index (χ2n) is 6.96. The Balaban J connectivity index is 1.33. The zero-order valence-corrected chi connectivity index (χ0v) is 15.7. The Morgan fingerprint density at radius 2 is 2.00 bits per heavy atom. The molecule has 1 aliphatic heterocycles. The summed E-state index contributed by atoms with van der Waals surface area (Å²) < 4.78 is 5.41. The first-order valence-electron chi connectivity index (χ1n) is 9.02. The summed E-state index contributed by atoms with van der Waals surface area (Å²) in [6, 6.07) is 12.1. The highest BCUT2D eigenvalue weighted by molar-refractivity contribution is 7.10. The first-order valence-corrected chi connectivity index (χ1v) is 9.90. The van der Waals surface area contributed by atoms with E-state index in [1.54, 1.807) is 11.3 Å². The number of hydrogen-bond donors (Lipinski definition) is 1. The lowest BCUT2D eigenvalue weighted by atomic mass is 9.90. The van der Waals surface area contributed by atoms with E-state index in [0.717, 1.165) is 42.2 Å². The van der Waals surface area contributed by atoms with E-state index < -0.39 is 0 Å². The predicted molar refractivity (Wildman–Crippen MR) is 102 cm³/mol. The third-order valence-electron chi connectivity index (χ3n) is 5.05. The van der Waals surface area contributed by atoms with Crippen molar-refractivity contribution in [2.75, 3.05) is 13.1 Å². The van der Waals surface area contributed by atoms with Gasteiger partial charge in [0.2, 0.25) is 0 Å². The standard InChI is InChI=1S/C20H23N3O2S/c1-14-4-6-16(7-5-14)20-21-18(22-25-20)13-23-10-8-15(9-11-23)19(24)17-3-2-12-26-17/h2-7,12,15,19,24H,8-11,13H2,1H3. The predicted octanol–water partition coefficient (Wildman–Crippen LogP) is 4.05. The molecule has 1 saturated heterocycles. The number of hydrogen-bond acceptors (Lipinski definition) is 6. The molecular formula is C20H23N3O2S. The summed E-state index contributed by atoms with van der Waals surface area (Å²) in [5, 5.41) is 16.7. The average Bonchev–Trinajstić information content (AvgIpc) is 3.35. The van der Waals surface area contributed by atoms with E-state index in [2.05, 4.69) is 22.0 Å². The highest BCUT2D eigenvalue weighted by Gasteiger charge is 2.27. The molecular weight excluding hydrogens is 346 g/mol. The number of nitrogens with zero attached hydrogens (tertiary/aromatic N) is 3. The SMILES string of the molecule is Cc1ccc(-c2nc(CN3CCC(C(O)c4cccs4)CC3)no2)cc1. The highest BCUT2D eigenvalue weighted by atomic mass is 32.1. The van der Waals surface area contributed by atoms with Gasteiger partial charge >= 0.3 is 0 Å². The number of aryl methyl sites for hydroxylation is 1. The number of benzene rings is 1. The van der Waals surface area contributed by atoms with Crippen molar-refractivity contribution in [2.24, 2.45) is 5.92 Å². The Labute approximate surface area is 157 Å². The second kappa shape index (κ2) is 7.70. The van der Waals surface area contributed by atoms with Gasteiger partial charge in [-0.3, -0.25) is 4.90 Å². The zero-order chi connectivity index (χ0) is 17.9. The largest absolute Gasteiger partial charge is 0.387 e. The average molecular weight is 369 g/mol. The van der Waals surface area contributed by atoms with Gasteiger partial charge in [0.15, 0.2) is 5.82 Å². The Morgan fingerprint density at radius 3 is 2.69 bits per heavy atom. The van der Waals surface area contributed by atoms with Gasteiger partial charge in [0.25, 0.3) is 5.89 Å². The lowest BCUT2D eigenvalue weighted by Crippen LogP contribution is -2.35. The van der Waals surface area contributed by atoms with Crippen molar-refractivity contribution >= 4 is 11.3 Å². The van der Waals surface area contributed by atoms with Crippen LogP contribution in [0.2, 0.25) is 0 Å². The molecule has 1 aliphatic rings. The zero-order valence-electron chi connectivity index (χ0n) is 14.8. The molecule has 0 bridgehead atoms. The molecule has 2 aromatic heterocycles. The van der Waals surface area contributed by atoms with Gasteiger partial charge < -0.3 is 9.63 Å². The highest BCUT2D eigenvalue weighted by Crippen LogP contribution is 2.33. The van der Waals surface area contributed by atoms with Crippen LogP contribution in [0.5, 0.6) is 0 Å². The lowest BCUT2D eigenvalue weighted by Gasteiger charge is -2.33. The molecule has 136 valence electrons. The molecule has 6 heteroatoms. The van der Waals surface area contributed by atoms with Crippen molar-refractivity contribution in [3.8, 4) is 11.5 Å². The molecule has 0 saturated carbocycles. The Hall–Kier alpha value is -2.02. The molecule has 1 atom stereocenters. The van der Waals surface area contributed by atoms with Crippen LogP contribution in [0.15, 0.2) is 46.3 Å². The van der Waals surface area contributed by atoms with E-state index in [1.165, 1.54) is 5.56 Å². The second-order valence-corrected chi connectivity index (χ2v) is 7.93. The third kappa shape index (κ3) is 3.87. The van der Waals surface area contributed by atoms with Gasteiger partial charge in [0.1, 0.15) is 0 Å². The number of thiophene rings is 1. The van der Waals surface area contributed by atoms with E-state index >= 15 is 0 Å². The number of aliphatic hydroxyl groups excluding tert-OH is 1. The minimum Gasteiger partial charge on any atom is -0.387 e. The Kier molecular flexibility index (Phi) is 5.15. The molecule has 0 radical (unpaired) electrons. The molecule has 0 aliphatic carbocycles. The van der Waals surface area contributed by atoms with Gasteiger partial charge in [-0.2, -0.15) is 4.98 Å². The molecule has 3 heterocycles. The molecule has 1 fully saturated rings. The van der Waals surface area contributed by atoms with Gasteiger partial charge in [-0.25, -0.2) is 0 Å². The summed E-state index contributed by atoms with van der Waals surface area (Å²) >= 11 is 1.63. The van der Waals surface area contributed by atoms with E-state index in [9.17, 15) is 5.11 Å². The normalized spacial score (nSPS) is 17.5. The van der Waals surface area contributed by atoms with Crippen molar-refractivity contribution < 1.29 is 9.63 Å². The lowest BCUT2D eigenvalue weighted by molar-refractivity contribution is 0.0581. The molecule has 0 spiro atoms. The fourth-order valence-electron chi connectivity index (χ4n) is 3.45. The van der Waals surface area contributed by atoms with Gasteiger partial charge in [0.05, 0.1) is 12.6 Å². The minimum absolute atomic E-state index is 0.332. The van der Waals surface area contributed by atoms with E-state index in [-0.39, 0.29) is 6.10 Å². The number of aromatic nitrogens is 2. The molecule has 26 heavy (non-hydrogen) atoms. The molecule has 0 amide bonds. The van der Waals surface area contributed by atoms with Crippen molar-refractivity contribution in [1.29, 1.82) is 0 Å². The van der Waals surface area contributed by atoms with Crippen LogP contribution in [-0.2, 0) is 6.54 Å². The summed E-state index contributed by atoms with van der Waals surface area (Å²) in [4.78, 5) is 7.94. The van der Waals surface area contributed by atoms with Crippen molar-refractivity contribution in [2.45, 2.75) is 32.4 Å². The summed E-state index contributed by atoms with van der Waals surface area (Å²) in [7, 11) is 0. The Bertz CT molecular complexity index is 821. The van der Waals surface area contributed by atoms with Crippen LogP contribution in [0.25, 0.3) is 11.5 Å². The fourth-order valence-corrected chi connectivity index (χ4v) is 4.25. The van der Waals surface area contributed by atoms with Crippen molar-refractivity contribution in [3.05, 3.63) is 58.0 Å². The van der Waals surface area contributed by atoms with Gasteiger partial charge in [-0.1, -0.05) is 28.9 Å². The molecule has 4 rings (SSSR count). The number of aliphatic hydroxyl groups is 1. The van der Waals surface area contributed by atoms with E-state index in [0.29, 0.717) is 18.4 Å². The van der Waals surface area contributed by atoms with Crippen LogP contribution in [0.4, 0.5) is 0 Å². The first kappa shape index (κ1) is 17.4. The summed E-state index contributed by atoms with van der Waals surface area (Å²) in [5.41, 5.74) is 2.16. The summed E-state index contributed by atoms with van der Waals surface area (Å²) in [6.07, 6.45) is 1.64. The Morgan fingerprint density at radius 1 is 1.23 bits per heavy atom. The number of likely N-dealkylation sites (tertiary alicyclic amines) is 1. The molecule has 5 nitrogen and oxygen atoms in total. The maximum Gasteiger partial charge on any atom is 0.257 e. The van der Waals surface area contributed by atoms with Crippen LogP contribution in [0.1, 0.15) is 35.2 Å². The van der Waals surface area contributed by atoms with E-state index in [4.69, 9.17) is 4.52 Å². The van der Waals surface area contributed by atoms with Crippen LogP contribution in [0.3, 0.4) is 0 Å². The summed E-state index contributed by atoms with van der Waals surface area (Å²) in [5.74, 6) is 1.62.